The maximum absolute atomic E-state index is 9.89. The Morgan fingerprint density at radius 2 is 2.00 bits per heavy atom. The SMILES string of the molecule is COc1cc(C#N)ccc1OCC(O)C(C)(C)C. The molecule has 0 radical (unpaired) electrons. The lowest BCUT2D eigenvalue weighted by Crippen LogP contribution is -2.31. The Kier molecular flexibility index (Phi) is 4.57. The van der Waals surface area contributed by atoms with Crippen LogP contribution in [-0.4, -0.2) is 24.9 Å². The molecule has 0 aliphatic carbocycles. The number of hydrogen-bond donors (Lipinski definition) is 1. The smallest absolute Gasteiger partial charge is 0.162 e. The van der Waals surface area contributed by atoms with Crippen LogP contribution in [0.5, 0.6) is 11.5 Å². The summed E-state index contributed by atoms with van der Waals surface area (Å²) >= 11 is 0. The van der Waals surface area contributed by atoms with Crippen LogP contribution in [-0.2, 0) is 0 Å². The first kappa shape index (κ1) is 14.3. The topological polar surface area (TPSA) is 62.5 Å². The minimum absolute atomic E-state index is 0.186. The van der Waals surface area contributed by atoms with Crippen LogP contribution in [0.3, 0.4) is 0 Å². The second-order valence-electron chi connectivity index (χ2n) is 5.17. The molecule has 1 aromatic carbocycles. The summed E-state index contributed by atoms with van der Waals surface area (Å²) in [6.07, 6.45) is -0.571. The van der Waals surface area contributed by atoms with E-state index in [9.17, 15) is 5.11 Å². The Morgan fingerprint density at radius 3 is 2.50 bits per heavy atom. The Morgan fingerprint density at radius 1 is 1.33 bits per heavy atom. The number of aliphatic hydroxyl groups excluding tert-OH is 1. The molecule has 0 fully saturated rings. The third kappa shape index (κ3) is 3.64. The first-order chi connectivity index (χ1) is 8.38. The summed E-state index contributed by atoms with van der Waals surface area (Å²) in [7, 11) is 1.52. The van der Waals surface area contributed by atoms with E-state index in [2.05, 4.69) is 0 Å². The average Bonchev–Trinajstić information content (AvgIpc) is 2.34. The minimum Gasteiger partial charge on any atom is -0.493 e. The van der Waals surface area contributed by atoms with Crippen LogP contribution in [0.4, 0.5) is 0 Å². The summed E-state index contributed by atoms with van der Waals surface area (Å²) in [5, 5.41) is 18.7. The molecule has 1 unspecified atom stereocenters. The number of methoxy groups -OCH3 is 1. The molecular weight excluding hydrogens is 230 g/mol. The van der Waals surface area contributed by atoms with E-state index in [-0.39, 0.29) is 12.0 Å². The molecule has 0 amide bonds. The zero-order valence-corrected chi connectivity index (χ0v) is 11.2. The summed E-state index contributed by atoms with van der Waals surface area (Å²) in [4.78, 5) is 0. The Balaban J connectivity index is 2.77. The molecule has 0 spiro atoms. The van der Waals surface area contributed by atoms with E-state index in [0.29, 0.717) is 17.1 Å². The Bertz CT molecular complexity index is 443. The fourth-order valence-electron chi connectivity index (χ4n) is 1.28. The van der Waals surface area contributed by atoms with Gasteiger partial charge in [-0.3, -0.25) is 0 Å². The van der Waals surface area contributed by atoms with Gasteiger partial charge in [-0.15, -0.1) is 0 Å². The van der Waals surface area contributed by atoms with Crippen molar-refractivity contribution in [3.63, 3.8) is 0 Å². The number of hydrogen-bond acceptors (Lipinski definition) is 4. The number of benzene rings is 1. The van der Waals surface area contributed by atoms with Crippen LogP contribution < -0.4 is 9.47 Å². The van der Waals surface area contributed by atoms with Gasteiger partial charge in [0.05, 0.1) is 24.8 Å². The molecule has 1 rings (SSSR count). The molecule has 18 heavy (non-hydrogen) atoms. The second kappa shape index (κ2) is 5.74. The van der Waals surface area contributed by atoms with Gasteiger partial charge in [0.1, 0.15) is 6.61 Å². The highest BCUT2D eigenvalue weighted by Crippen LogP contribution is 2.29. The van der Waals surface area contributed by atoms with Crippen LogP contribution in [0.1, 0.15) is 26.3 Å². The molecule has 1 atom stereocenters. The molecule has 4 nitrogen and oxygen atoms in total. The molecule has 98 valence electrons. The van der Waals surface area contributed by atoms with E-state index in [1.165, 1.54) is 7.11 Å². The van der Waals surface area contributed by atoms with E-state index in [1.54, 1.807) is 18.2 Å². The molecule has 0 aromatic heterocycles. The normalized spacial score (nSPS) is 12.7. The van der Waals surface area contributed by atoms with E-state index in [4.69, 9.17) is 14.7 Å². The fraction of sp³-hybridized carbons (Fsp3) is 0.500. The maximum Gasteiger partial charge on any atom is 0.162 e. The number of nitrogens with zero attached hydrogens (tertiary/aromatic N) is 1. The first-order valence-electron chi connectivity index (χ1n) is 5.77. The minimum atomic E-state index is -0.571. The second-order valence-corrected chi connectivity index (χ2v) is 5.17. The van der Waals surface area contributed by atoms with Crippen LogP contribution in [0.25, 0.3) is 0 Å². The predicted molar refractivity (Wildman–Crippen MR) is 68.7 cm³/mol. The van der Waals surface area contributed by atoms with Crippen LogP contribution >= 0.6 is 0 Å². The van der Waals surface area contributed by atoms with E-state index in [0.717, 1.165) is 0 Å². The van der Waals surface area contributed by atoms with Gasteiger partial charge in [0.25, 0.3) is 0 Å². The van der Waals surface area contributed by atoms with Gasteiger partial charge in [-0.1, -0.05) is 20.8 Å². The Hall–Kier alpha value is -1.73. The lowest BCUT2D eigenvalue weighted by Gasteiger charge is -2.26. The number of ether oxygens (including phenoxy) is 2. The molecule has 1 N–H and O–H groups in total. The average molecular weight is 249 g/mol. The van der Waals surface area contributed by atoms with Crippen molar-refractivity contribution in [2.45, 2.75) is 26.9 Å². The summed E-state index contributed by atoms with van der Waals surface area (Å²) in [6, 6.07) is 6.97. The molecule has 4 heteroatoms. The van der Waals surface area contributed by atoms with Crippen molar-refractivity contribution in [1.82, 2.24) is 0 Å². The van der Waals surface area contributed by atoms with Gasteiger partial charge in [-0.05, 0) is 17.5 Å². The third-order valence-corrected chi connectivity index (χ3v) is 2.69. The van der Waals surface area contributed by atoms with Gasteiger partial charge >= 0.3 is 0 Å². The molecule has 0 bridgehead atoms. The van der Waals surface area contributed by atoms with Gasteiger partial charge < -0.3 is 14.6 Å². The Labute approximate surface area is 108 Å². The van der Waals surface area contributed by atoms with E-state index < -0.39 is 6.10 Å². The van der Waals surface area contributed by atoms with Crippen LogP contribution in [0, 0.1) is 16.7 Å². The molecule has 0 aliphatic heterocycles. The molecule has 0 saturated carbocycles. The van der Waals surface area contributed by atoms with Crippen molar-refractivity contribution in [2.75, 3.05) is 13.7 Å². The van der Waals surface area contributed by atoms with Gasteiger partial charge in [0, 0.05) is 6.07 Å². The van der Waals surface area contributed by atoms with Crippen LogP contribution in [0.15, 0.2) is 18.2 Å². The summed E-state index contributed by atoms with van der Waals surface area (Å²) in [6.45, 7) is 6.01. The molecule has 0 heterocycles. The summed E-state index contributed by atoms with van der Waals surface area (Å²) in [5.74, 6) is 1.02. The summed E-state index contributed by atoms with van der Waals surface area (Å²) in [5.41, 5.74) is 0.274. The highest BCUT2D eigenvalue weighted by molar-refractivity contribution is 5.46. The monoisotopic (exact) mass is 249 g/mol. The molecule has 0 aliphatic rings. The fourth-order valence-corrected chi connectivity index (χ4v) is 1.28. The van der Waals surface area contributed by atoms with Gasteiger partial charge in [-0.25, -0.2) is 0 Å². The number of nitriles is 1. The van der Waals surface area contributed by atoms with Crippen LogP contribution in [0.2, 0.25) is 0 Å². The van der Waals surface area contributed by atoms with Crippen molar-refractivity contribution in [1.29, 1.82) is 5.26 Å². The predicted octanol–water partition coefficient (Wildman–Crippen LogP) is 2.35. The number of rotatable bonds is 4. The van der Waals surface area contributed by atoms with Crippen molar-refractivity contribution in [2.24, 2.45) is 5.41 Å². The lowest BCUT2D eigenvalue weighted by atomic mass is 9.90. The standard InChI is InChI=1S/C14H19NO3/c1-14(2,3)13(16)9-18-11-6-5-10(8-15)7-12(11)17-4/h5-7,13,16H,9H2,1-4H3. The highest BCUT2D eigenvalue weighted by atomic mass is 16.5. The quantitative estimate of drug-likeness (QED) is 0.889. The number of aliphatic hydroxyl groups is 1. The van der Waals surface area contributed by atoms with E-state index in [1.807, 2.05) is 26.8 Å². The van der Waals surface area contributed by atoms with Crippen molar-refractivity contribution >= 4 is 0 Å². The largest absolute Gasteiger partial charge is 0.493 e. The summed E-state index contributed by atoms with van der Waals surface area (Å²) < 4.78 is 10.7. The van der Waals surface area contributed by atoms with Crippen molar-refractivity contribution in [3.05, 3.63) is 23.8 Å². The van der Waals surface area contributed by atoms with Gasteiger partial charge in [-0.2, -0.15) is 5.26 Å². The lowest BCUT2D eigenvalue weighted by molar-refractivity contribution is 0.0211. The third-order valence-electron chi connectivity index (χ3n) is 2.69. The zero-order chi connectivity index (χ0) is 13.8. The van der Waals surface area contributed by atoms with Gasteiger partial charge in [0.15, 0.2) is 11.5 Å². The van der Waals surface area contributed by atoms with Crippen molar-refractivity contribution < 1.29 is 14.6 Å². The molecular formula is C14H19NO3. The zero-order valence-electron chi connectivity index (χ0n) is 11.2. The first-order valence-corrected chi connectivity index (χ1v) is 5.77. The van der Waals surface area contributed by atoms with Gasteiger partial charge in [0.2, 0.25) is 0 Å². The molecule has 1 aromatic rings. The van der Waals surface area contributed by atoms with E-state index >= 15 is 0 Å². The highest BCUT2D eigenvalue weighted by Gasteiger charge is 2.23. The maximum atomic E-state index is 9.89. The van der Waals surface area contributed by atoms with Crippen molar-refractivity contribution in [3.8, 4) is 17.6 Å². The molecule has 0 saturated heterocycles.